The van der Waals surface area contributed by atoms with Crippen LogP contribution in [0.4, 0.5) is 0 Å². The Kier molecular flexibility index (Phi) is 3.22. The molecule has 0 radical (unpaired) electrons. The van der Waals surface area contributed by atoms with Crippen LogP contribution in [0.3, 0.4) is 0 Å². The number of hydrogen-bond acceptors (Lipinski definition) is 2. The first-order valence-electron chi connectivity index (χ1n) is 6.29. The van der Waals surface area contributed by atoms with Crippen molar-refractivity contribution >= 4 is 11.6 Å². The van der Waals surface area contributed by atoms with Gasteiger partial charge in [-0.2, -0.15) is 0 Å². The van der Waals surface area contributed by atoms with Crippen LogP contribution >= 0.6 is 0 Å². The van der Waals surface area contributed by atoms with Crippen molar-refractivity contribution in [3.63, 3.8) is 0 Å². The minimum Gasteiger partial charge on any atom is -0.299 e. The number of ketones is 2. The zero-order chi connectivity index (χ0) is 10.8. The van der Waals surface area contributed by atoms with Gasteiger partial charge in [-0.25, -0.2) is 0 Å². The molecule has 2 nitrogen and oxygen atoms in total. The van der Waals surface area contributed by atoms with Gasteiger partial charge in [0.15, 0.2) is 0 Å². The molecular formula is C13H20O2. The summed E-state index contributed by atoms with van der Waals surface area (Å²) >= 11 is 0. The molecular weight excluding hydrogens is 188 g/mol. The molecule has 2 aliphatic rings. The van der Waals surface area contributed by atoms with Gasteiger partial charge < -0.3 is 0 Å². The Bertz CT molecular complexity index is 262. The van der Waals surface area contributed by atoms with Gasteiger partial charge in [-0.1, -0.05) is 26.2 Å². The lowest BCUT2D eigenvalue weighted by atomic mass is 9.63. The van der Waals surface area contributed by atoms with Crippen LogP contribution in [0, 0.1) is 17.8 Å². The van der Waals surface area contributed by atoms with E-state index >= 15 is 0 Å². The number of rotatable bonds is 2. The van der Waals surface area contributed by atoms with Crippen molar-refractivity contribution in [3.8, 4) is 0 Å². The number of carbonyl (C=O) groups is 2. The molecule has 2 fully saturated rings. The zero-order valence-electron chi connectivity index (χ0n) is 9.50. The summed E-state index contributed by atoms with van der Waals surface area (Å²) in [6.07, 6.45) is 7.07. The Morgan fingerprint density at radius 3 is 2.73 bits per heavy atom. The number of hydrogen-bond donors (Lipinski definition) is 0. The molecule has 2 heteroatoms. The molecule has 0 aliphatic heterocycles. The monoisotopic (exact) mass is 208 g/mol. The minimum atomic E-state index is -0.228. The first-order chi connectivity index (χ1) is 7.24. The maximum atomic E-state index is 11.8. The van der Waals surface area contributed by atoms with Crippen LogP contribution in [0.25, 0.3) is 0 Å². The molecule has 84 valence electrons. The molecule has 0 N–H and O–H groups in total. The first-order valence-corrected chi connectivity index (χ1v) is 6.29. The molecule has 3 atom stereocenters. The SMILES string of the molecule is CCC(=O)[C@H]1C(=O)CC[C@H]2CCCC[C@@H]21. The van der Waals surface area contributed by atoms with Gasteiger partial charge in [0.05, 0.1) is 5.92 Å². The van der Waals surface area contributed by atoms with Crippen molar-refractivity contribution in [2.24, 2.45) is 17.8 Å². The van der Waals surface area contributed by atoms with Crippen molar-refractivity contribution in [1.29, 1.82) is 0 Å². The summed E-state index contributed by atoms with van der Waals surface area (Å²) in [6, 6.07) is 0. The lowest BCUT2D eigenvalue weighted by molar-refractivity contribution is -0.139. The highest BCUT2D eigenvalue weighted by molar-refractivity contribution is 6.03. The molecule has 0 aromatic heterocycles. The van der Waals surface area contributed by atoms with E-state index in [1.165, 1.54) is 19.3 Å². The highest BCUT2D eigenvalue weighted by Gasteiger charge is 2.42. The maximum Gasteiger partial charge on any atom is 0.143 e. The topological polar surface area (TPSA) is 34.1 Å². The van der Waals surface area contributed by atoms with Gasteiger partial charge in [-0.3, -0.25) is 9.59 Å². The molecule has 15 heavy (non-hydrogen) atoms. The van der Waals surface area contributed by atoms with Gasteiger partial charge in [0.1, 0.15) is 11.6 Å². The van der Waals surface area contributed by atoms with E-state index in [-0.39, 0.29) is 17.5 Å². The maximum absolute atomic E-state index is 11.8. The lowest BCUT2D eigenvalue weighted by Gasteiger charge is -2.39. The molecule has 0 spiro atoms. The van der Waals surface area contributed by atoms with Crippen LogP contribution in [-0.2, 0) is 9.59 Å². The normalized spacial score (nSPS) is 36.1. The molecule has 0 aromatic rings. The summed E-state index contributed by atoms with van der Waals surface area (Å²) in [4.78, 5) is 23.6. The molecule has 0 saturated heterocycles. The molecule has 0 unspecified atom stereocenters. The second-order valence-electron chi connectivity index (χ2n) is 5.01. The summed E-state index contributed by atoms with van der Waals surface area (Å²) in [5, 5.41) is 0. The highest BCUT2D eigenvalue weighted by Crippen LogP contribution is 2.42. The van der Waals surface area contributed by atoms with Crippen LogP contribution in [0.5, 0.6) is 0 Å². The third-order valence-corrected chi connectivity index (χ3v) is 4.20. The second kappa shape index (κ2) is 4.46. The number of carbonyl (C=O) groups excluding carboxylic acids is 2. The van der Waals surface area contributed by atoms with E-state index in [0.717, 1.165) is 12.8 Å². The smallest absolute Gasteiger partial charge is 0.143 e. The van der Waals surface area contributed by atoms with Crippen LogP contribution in [0.2, 0.25) is 0 Å². The summed E-state index contributed by atoms with van der Waals surface area (Å²) < 4.78 is 0. The van der Waals surface area contributed by atoms with Gasteiger partial charge in [0.2, 0.25) is 0 Å². The van der Waals surface area contributed by atoms with E-state index in [2.05, 4.69) is 0 Å². The van der Waals surface area contributed by atoms with E-state index < -0.39 is 0 Å². The number of fused-ring (bicyclic) bond motifs is 1. The Hall–Kier alpha value is -0.660. The Labute approximate surface area is 91.4 Å². The highest BCUT2D eigenvalue weighted by atomic mass is 16.1. The van der Waals surface area contributed by atoms with Crippen LogP contribution in [0.15, 0.2) is 0 Å². The largest absolute Gasteiger partial charge is 0.299 e. The fraction of sp³-hybridized carbons (Fsp3) is 0.846. The fourth-order valence-corrected chi connectivity index (χ4v) is 3.39. The van der Waals surface area contributed by atoms with Crippen molar-refractivity contribution < 1.29 is 9.59 Å². The van der Waals surface area contributed by atoms with Crippen molar-refractivity contribution in [2.45, 2.75) is 51.9 Å². The summed E-state index contributed by atoms with van der Waals surface area (Å²) in [5.41, 5.74) is 0. The van der Waals surface area contributed by atoms with Crippen molar-refractivity contribution in [3.05, 3.63) is 0 Å². The van der Waals surface area contributed by atoms with Gasteiger partial charge >= 0.3 is 0 Å². The molecule has 2 aliphatic carbocycles. The van der Waals surface area contributed by atoms with E-state index in [1.807, 2.05) is 6.92 Å². The van der Waals surface area contributed by atoms with Gasteiger partial charge in [-0.15, -0.1) is 0 Å². The summed E-state index contributed by atoms with van der Waals surface area (Å²) in [6.45, 7) is 1.88. The Morgan fingerprint density at radius 1 is 1.27 bits per heavy atom. The summed E-state index contributed by atoms with van der Waals surface area (Å²) in [5.74, 6) is 1.25. The van der Waals surface area contributed by atoms with E-state index in [0.29, 0.717) is 24.7 Å². The van der Waals surface area contributed by atoms with E-state index in [1.54, 1.807) is 0 Å². The van der Waals surface area contributed by atoms with Crippen LogP contribution < -0.4 is 0 Å². The Morgan fingerprint density at radius 2 is 2.00 bits per heavy atom. The molecule has 2 saturated carbocycles. The van der Waals surface area contributed by atoms with E-state index in [9.17, 15) is 9.59 Å². The minimum absolute atomic E-state index is 0.191. The quantitative estimate of drug-likeness (QED) is 0.654. The molecule has 2 rings (SSSR count). The van der Waals surface area contributed by atoms with Gasteiger partial charge in [0, 0.05) is 12.8 Å². The third kappa shape index (κ3) is 1.99. The Balaban J connectivity index is 2.16. The molecule has 0 aromatic carbocycles. The predicted molar refractivity (Wildman–Crippen MR) is 58.5 cm³/mol. The lowest BCUT2D eigenvalue weighted by Crippen LogP contribution is -2.41. The van der Waals surface area contributed by atoms with Crippen molar-refractivity contribution in [1.82, 2.24) is 0 Å². The molecule has 0 amide bonds. The predicted octanol–water partition coefficient (Wildman–Crippen LogP) is 2.75. The van der Waals surface area contributed by atoms with Gasteiger partial charge in [0.25, 0.3) is 0 Å². The average molecular weight is 208 g/mol. The van der Waals surface area contributed by atoms with E-state index in [4.69, 9.17) is 0 Å². The summed E-state index contributed by atoms with van der Waals surface area (Å²) in [7, 11) is 0. The molecule has 0 bridgehead atoms. The average Bonchev–Trinajstić information content (AvgIpc) is 2.28. The number of Topliss-reactive ketones (excluding diaryl/α,β-unsaturated/α-hetero) is 2. The fourth-order valence-electron chi connectivity index (χ4n) is 3.39. The second-order valence-corrected chi connectivity index (χ2v) is 5.01. The zero-order valence-corrected chi connectivity index (χ0v) is 9.50. The standard InChI is InChI=1S/C13H20O2/c1-2-11(14)13-10-6-4-3-5-9(10)7-8-12(13)15/h9-10,13H,2-8H2,1H3/t9-,10+,13+/m1/s1. The van der Waals surface area contributed by atoms with Crippen LogP contribution in [-0.4, -0.2) is 11.6 Å². The van der Waals surface area contributed by atoms with Gasteiger partial charge in [-0.05, 0) is 24.7 Å². The molecule has 0 heterocycles. The first kappa shape index (κ1) is 10.8. The van der Waals surface area contributed by atoms with Crippen molar-refractivity contribution in [2.75, 3.05) is 0 Å². The third-order valence-electron chi connectivity index (χ3n) is 4.20. The van der Waals surface area contributed by atoms with Crippen LogP contribution in [0.1, 0.15) is 51.9 Å².